The van der Waals surface area contributed by atoms with Gasteiger partial charge >= 0.3 is 0 Å². The van der Waals surface area contributed by atoms with Crippen LogP contribution in [0, 0.1) is 5.92 Å². The number of carbonyl (C=O) groups excluding carboxylic acids is 1. The van der Waals surface area contributed by atoms with Gasteiger partial charge in [-0.15, -0.1) is 0 Å². The van der Waals surface area contributed by atoms with Crippen molar-refractivity contribution in [3.05, 3.63) is 42.4 Å². The van der Waals surface area contributed by atoms with Crippen LogP contribution in [0.4, 0.5) is 0 Å². The van der Waals surface area contributed by atoms with Crippen LogP contribution in [0.25, 0.3) is 11.3 Å². The maximum absolute atomic E-state index is 13.0. The van der Waals surface area contributed by atoms with Crippen LogP contribution in [0.15, 0.2) is 41.1 Å². The fourth-order valence-corrected chi connectivity index (χ4v) is 4.37. The molecule has 2 aliphatic heterocycles. The molecule has 0 bridgehead atoms. The van der Waals surface area contributed by atoms with Gasteiger partial charge in [0.25, 0.3) is 5.91 Å². The van der Waals surface area contributed by atoms with Gasteiger partial charge in [-0.1, -0.05) is 30.3 Å². The average molecular weight is 353 g/mol. The molecule has 138 valence electrons. The van der Waals surface area contributed by atoms with Gasteiger partial charge in [0, 0.05) is 24.7 Å². The van der Waals surface area contributed by atoms with Crippen molar-refractivity contribution in [1.82, 2.24) is 14.8 Å². The fourth-order valence-electron chi connectivity index (χ4n) is 4.37. The second-order valence-electron chi connectivity index (χ2n) is 7.51. The molecule has 2 aromatic rings. The second-order valence-corrected chi connectivity index (χ2v) is 7.51. The smallest absolute Gasteiger partial charge is 0.276 e. The summed E-state index contributed by atoms with van der Waals surface area (Å²) in [4.78, 5) is 21.8. The van der Waals surface area contributed by atoms with Crippen molar-refractivity contribution in [3.63, 3.8) is 0 Å². The molecule has 0 aliphatic carbocycles. The average Bonchev–Trinajstić information content (AvgIpc) is 3.39. The van der Waals surface area contributed by atoms with Gasteiger partial charge in [-0.05, 0) is 51.6 Å². The van der Waals surface area contributed by atoms with E-state index in [4.69, 9.17) is 4.42 Å². The van der Waals surface area contributed by atoms with E-state index in [0.717, 1.165) is 31.5 Å². The monoisotopic (exact) mass is 353 g/mol. The van der Waals surface area contributed by atoms with Gasteiger partial charge in [0.2, 0.25) is 0 Å². The zero-order chi connectivity index (χ0) is 17.9. The Hall–Kier alpha value is -2.14. The minimum atomic E-state index is -0.00937. The summed E-state index contributed by atoms with van der Waals surface area (Å²) in [6, 6.07) is 10.4. The Kier molecular flexibility index (Phi) is 5.07. The summed E-state index contributed by atoms with van der Waals surface area (Å²) in [6.45, 7) is 6.45. The number of nitrogens with zero attached hydrogens (tertiary/aromatic N) is 3. The molecule has 5 heteroatoms. The molecular weight excluding hydrogens is 326 g/mol. The van der Waals surface area contributed by atoms with E-state index in [1.54, 1.807) is 0 Å². The van der Waals surface area contributed by atoms with Crippen LogP contribution in [-0.2, 0) is 0 Å². The van der Waals surface area contributed by atoms with Gasteiger partial charge in [0.05, 0.1) is 0 Å². The number of rotatable bonds is 4. The van der Waals surface area contributed by atoms with E-state index in [1.165, 1.54) is 32.3 Å². The summed E-state index contributed by atoms with van der Waals surface area (Å²) in [5.41, 5.74) is 1.33. The molecule has 5 nitrogen and oxygen atoms in total. The number of carbonyl (C=O) groups is 1. The molecule has 1 unspecified atom stereocenters. The number of aromatic nitrogens is 1. The molecule has 1 aromatic heterocycles. The first-order valence-corrected chi connectivity index (χ1v) is 9.76. The fraction of sp³-hybridized carbons (Fsp3) is 0.524. The van der Waals surface area contributed by atoms with Gasteiger partial charge in [0.1, 0.15) is 0 Å². The highest BCUT2D eigenvalue weighted by Gasteiger charge is 2.32. The van der Waals surface area contributed by atoms with Crippen molar-refractivity contribution in [2.75, 3.05) is 26.2 Å². The Bertz CT molecular complexity index is 729. The molecule has 0 saturated carbocycles. The highest BCUT2D eigenvalue weighted by atomic mass is 16.3. The third kappa shape index (κ3) is 3.40. The van der Waals surface area contributed by atoms with Crippen molar-refractivity contribution < 1.29 is 9.21 Å². The normalized spacial score (nSPS) is 20.4. The van der Waals surface area contributed by atoms with Gasteiger partial charge < -0.3 is 14.2 Å². The number of hydrogen-bond donors (Lipinski definition) is 0. The third-order valence-electron chi connectivity index (χ3n) is 6.03. The lowest BCUT2D eigenvalue weighted by Gasteiger charge is -2.38. The van der Waals surface area contributed by atoms with Gasteiger partial charge in [-0.25, -0.2) is 4.98 Å². The van der Waals surface area contributed by atoms with Gasteiger partial charge in [-0.3, -0.25) is 4.79 Å². The summed E-state index contributed by atoms with van der Waals surface area (Å²) >= 11 is 0. The molecule has 0 radical (unpaired) electrons. The zero-order valence-electron chi connectivity index (χ0n) is 15.4. The molecular formula is C21H27N3O2. The zero-order valence-corrected chi connectivity index (χ0v) is 15.4. The Morgan fingerprint density at radius 2 is 1.81 bits per heavy atom. The molecule has 3 heterocycles. The summed E-state index contributed by atoms with van der Waals surface area (Å²) in [5.74, 6) is 1.25. The minimum absolute atomic E-state index is 0.00937. The van der Waals surface area contributed by atoms with Crippen LogP contribution < -0.4 is 0 Å². The van der Waals surface area contributed by atoms with Crippen LogP contribution >= 0.6 is 0 Å². The predicted molar refractivity (Wildman–Crippen MR) is 101 cm³/mol. The standard InChI is InChI=1S/C21H27N3O2/c1-16(23-11-5-6-12-23)17-9-13-24(14-10-17)21(25)19-20(26-15-22-19)18-7-3-2-4-8-18/h2-4,7-8,15-17H,5-6,9-14H2,1H3. The highest BCUT2D eigenvalue weighted by molar-refractivity contribution is 5.97. The summed E-state index contributed by atoms with van der Waals surface area (Å²) in [5, 5.41) is 0. The summed E-state index contributed by atoms with van der Waals surface area (Å²) in [6.07, 6.45) is 6.17. The maximum Gasteiger partial charge on any atom is 0.276 e. The van der Waals surface area contributed by atoms with Gasteiger partial charge in [-0.2, -0.15) is 0 Å². The van der Waals surface area contributed by atoms with E-state index in [9.17, 15) is 4.79 Å². The Morgan fingerprint density at radius 1 is 1.12 bits per heavy atom. The predicted octanol–water partition coefficient (Wildman–Crippen LogP) is 3.68. The molecule has 4 rings (SSSR count). The second kappa shape index (κ2) is 7.62. The van der Waals surface area contributed by atoms with E-state index < -0.39 is 0 Å². The number of amides is 1. The van der Waals surface area contributed by atoms with Crippen LogP contribution in [0.1, 0.15) is 43.1 Å². The topological polar surface area (TPSA) is 49.6 Å². The quantitative estimate of drug-likeness (QED) is 0.841. The van der Waals surface area contributed by atoms with E-state index >= 15 is 0 Å². The SMILES string of the molecule is CC(C1CCN(C(=O)c2ncoc2-c2ccccc2)CC1)N1CCCC1. The lowest BCUT2D eigenvalue weighted by Crippen LogP contribution is -2.45. The minimum Gasteiger partial charge on any atom is -0.443 e. The van der Waals surface area contributed by atoms with E-state index in [0.29, 0.717) is 23.4 Å². The molecule has 1 atom stereocenters. The van der Waals surface area contributed by atoms with Crippen molar-refractivity contribution in [2.45, 2.75) is 38.6 Å². The molecule has 26 heavy (non-hydrogen) atoms. The van der Waals surface area contributed by atoms with Crippen molar-refractivity contribution in [1.29, 1.82) is 0 Å². The first-order chi connectivity index (χ1) is 12.7. The highest BCUT2D eigenvalue weighted by Crippen LogP contribution is 2.29. The molecule has 0 N–H and O–H groups in total. The summed E-state index contributed by atoms with van der Waals surface area (Å²) < 4.78 is 5.52. The van der Waals surface area contributed by atoms with E-state index in [-0.39, 0.29) is 5.91 Å². The Morgan fingerprint density at radius 3 is 2.50 bits per heavy atom. The van der Waals surface area contributed by atoms with E-state index in [1.807, 2.05) is 35.2 Å². The first-order valence-electron chi connectivity index (χ1n) is 9.76. The summed E-state index contributed by atoms with van der Waals surface area (Å²) in [7, 11) is 0. The van der Waals surface area contributed by atoms with E-state index in [2.05, 4.69) is 16.8 Å². The number of likely N-dealkylation sites (tertiary alicyclic amines) is 2. The van der Waals surface area contributed by atoms with Crippen LogP contribution in [0.2, 0.25) is 0 Å². The van der Waals surface area contributed by atoms with Crippen molar-refractivity contribution in [2.24, 2.45) is 5.92 Å². The first kappa shape index (κ1) is 17.3. The number of oxazole rings is 1. The third-order valence-corrected chi connectivity index (χ3v) is 6.03. The van der Waals surface area contributed by atoms with Gasteiger partial charge in [0.15, 0.2) is 17.8 Å². The molecule has 2 aliphatic rings. The van der Waals surface area contributed by atoms with Crippen LogP contribution in [0.5, 0.6) is 0 Å². The van der Waals surface area contributed by atoms with Crippen molar-refractivity contribution >= 4 is 5.91 Å². The molecule has 2 fully saturated rings. The van der Waals surface area contributed by atoms with Crippen molar-refractivity contribution in [3.8, 4) is 11.3 Å². The number of piperidine rings is 1. The lowest BCUT2D eigenvalue weighted by atomic mass is 9.89. The lowest BCUT2D eigenvalue weighted by molar-refractivity contribution is 0.0619. The molecule has 1 aromatic carbocycles. The maximum atomic E-state index is 13.0. The molecule has 0 spiro atoms. The molecule has 1 amide bonds. The number of benzene rings is 1. The molecule has 2 saturated heterocycles. The largest absolute Gasteiger partial charge is 0.443 e. The van der Waals surface area contributed by atoms with Crippen LogP contribution in [0.3, 0.4) is 0 Å². The van der Waals surface area contributed by atoms with Crippen LogP contribution in [-0.4, -0.2) is 52.9 Å². The number of hydrogen-bond acceptors (Lipinski definition) is 4. The Labute approximate surface area is 155 Å². The Balaban J connectivity index is 1.41.